The number of carbonyl (C=O) groups excluding carboxylic acids is 1. The normalized spacial score (nSPS) is 9.00. The van der Waals surface area contributed by atoms with Crippen LogP contribution in [0, 0.1) is 0 Å². The third-order valence-corrected chi connectivity index (χ3v) is 2.37. The number of nitrogens with zero attached hydrogens (tertiary/aromatic N) is 1. The van der Waals surface area contributed by atoms with E-state index in [1.165, 1.54) is 11.3 Å². The van der Waals surface area contributed by atoms with Gasteiger partial charge in [0.1, 0.15) is 0 Å². The van der Waals surface area contributed by atoms with Crippen LogP contribution in [-0.2, 0) is 0 Å². The molecule has 0 unspecified atom stereocenters. The Morgan fingerprint density at radius 1 is 1.19 bits per heavy atom. The van der Waals surface area contributed by atoms with E-state index in [0.717, 1.165) is 5.69 Å². The van der Waals surface area contributed by atoms with Crippen molar-refractivity contribution in [2.24, 2.45) is 0 Å². The Morgan fingerprint density at radius 3 is 2.56 bits per heavy atom. The predicted octanol–water partition coefficient (Wildman–Crippen LogP) is 1.96. The summed E-state index contributed by atoms with van der Waals surface area (Å²) in [5, 5.41) is 7.71. The van der Waals surface area contributed by atoms with Gasteiger partial charge in [-0.2, -0.15) is 0 Å². The van der Waals surface area contributed by atoms with Gasteiger partial charge < -0.3 is 10.8 Å². The smallest absolute Gasteiger partial charge is 0.325 e. The van der Waals surface area contributed by atoms with E-state index in [1.807, 2.05) is 30.3 Å². The van der Waals surface area contributed by atoms with Crippen LogP contribution in [0.3, 0.4) is 0 Å². The van der Waals surface area contributed by atoms with Crippen molar-refractivity contribution in [2.45, 2.75) is 0 Å². The second-order valence-corrected chi connectivity index (χ2v) is 3.68. The quantitative estimate of drug-likeness (QED) is 0.836. The van der Waals surface area contributed by atoms with Crippen LogP contribution < -0.4 is 10.6 Å². The van der Waals surface area contributed by atoms with E-state index >= 15 is 0 Å². The fourth-order valence-corrected chi connectivity index (χ4v) is 1.59. The summed E-state index contributed by atoms with van der Waals surface area (Å²) in [4.78, 5) is 15.4. The zero-order chi connectivity index (χ0) is 10.5. The first-order chi connectivity index (χ1) is 7.34. The summed E-state index contributed by atoms with van der Waals surface area (Å²) in [6.07, 6.45) is 1.64. The monoisotopic (exact) mass is 237 g/mol. The first kappa shape index (κ1) is 12.2. The summed E-state index contributed by atoms with van der Waals surface area (Å²) in [7, 11) is 0. The van der Waals surface area contributed by atoms with Crippen LogP contribution >= 0.6 is 11.3 Å². The third kappa shape index (κ3) is 3.34. The molecule has 4 N–H and O–H groups in total. The van der Waals surface area contributed by atoms with Crippen LogP contribution in [0.25, 0.3) is 0 Å². The summed E-state index contributed by atoms with van der Waals surface area (Å²) in [6, 6.07) is 8.97. The number of carbonyl (C=O) groups is 1. The Hall–Kier alpha value is -1.92. The zero-order valence-electron chi connectivity index (χ0n) is 8.31. The topological polar surface area (TPSA) is 85.5 Å². The fourth-order valence-electron chi connectivity index (χ4n) is 1.07. The average molecular weight is 237 g/mol. The Morgan fingerprint density at radius 2 is 1.94 bits per heavy atom. The molecule has 1 aromatic heterocycles. The summed E-state index contributed by atoms with van der Waals surface area (Å²) >= 11 is 1.38. The minimum absolute atomic E-state index is 0. The molecule has 2 aromatic rings. The minimum Gasteiger partial charge on any atom is -0.412 e. The SMILES string of the molecule is O.O=C(Nc1ccccc1)Nc1nccs1. The maximum Gasteiger partial charge on any atom is 0.325 e. The Bertz CT molecular complexity index is 431. The number of rotatable bonds is 2. The lowest BCUT2D eigenvalue weighted by atomic mass is 10.3. The number of benzene rings is 1. The van der Waals surface area contributed by atoms with Crippen LogP contribution in [0.4, 0.5) is 15.6 Å². The van der Waals surface area contributed by atoms with Crippen molar-refractivity contribution >= 4 is 28.2 Å². The summed E-state index contributed by atoms with van der Waals surface area (Å²) in [6.45, 7) is 0. The van der Waals surface area contributed by atoms with Crippen molar-refractivity contribution in [2.75, 3.05) is 10.6 Å². The Kier molecular flexibility index (Phi) is 4.43. The van der Waals surface area contributed by atoms with Crippen molar-refractivity contribution in [3.8, 4) is 0 Å². The van der Waals surface area contributed by atoms with Crippen molar-refractivity contribution in [1.29, 1.82) is 0 Å². The van der Waals surface area contributed by atoms with Gasteiger partial charge in [0.25, 0.3) is 0 Å². The first-order valence-electron chi connectivity index (χ1n) is 4.37. The molecule has 1 heterocycles. The molecular formula is C10H11N3O2S. The fraction of sp³-hybridized carbons (Fsp3) is 0. The molecule has 0 saturated carbocycles. The second-order valence-electron chi connectivity index (χ2n) is 2.78. The average Bonchev–Trinajstić information content (AvgIpc) is 2.71. The number of hydrogen-bond acceptors (Lipinski definition) is 3. The molecule has 84 valence electrons. The molecule has 5 nitrogen and oxygen atoms in total. The van der Waals surface area contributed by atoms with E-state index in [4.69, 9.17) is 0 Å². The van der Waals surface area contributed by atoms with Crippen molar-refractivity contribution in [3.05, 3.63) is 41.9 Å². The molecule has 0 aliphatic heterocycles. The van der Waals surface area contributed by atoms with E-state index in [2.05, 4.69) is 15.6 Å². The van der Waals surface area contributed by atoms with Crippen molar-refractivity contribution < 1.29 is 10.3 Å². The number of nitrogens with one attached hydrogen (secondary N) is 2. The minimum atomic E-state index is -0.281. The summed E-state index contributed by atoms with van der Waals surface area (Å²) < 4.78 is 0. The molecule has 6 heteroatoms. The van der Waals surface area contributed by atoms with E-state index < -0.39 is 0 Å². The first-order valence-corrected chi connectivity index (χ1v) is 5.25. The highest BCUT2D eigenvalue weighted by Gasteiger charge is 2.02. The van der Waals surface area contributed by atoms with Crippen LogP contribution in [0.5, 0.6) is 0 Å². The van der Waals surface area contributed by atoms with E-state index in [9.17, 15) is 4.79 Å². The highest BCUT2D eigenvalue weighted by atomic mass is 32.1. The van der Waals surface area contributed by atoms with Gasteiger partial charge in [-0.1, -0.05) is 18.2 Å². The maximum absolute atomic E-state index is 11.4. The van der Waals surface area contributed by atoms with Gasteiger partial charge in [0.15, 0.2) is 5.13 Å². The number of para-hydroxylation sites is 1. The third-order valence-electron chi connectivity index (χ3n) is 1.68. The lowest BCUT2D eigenvalue weighted by Crippen LogP contribution is -2.19. The van der Waals surface area contributed by atoms with Gasteiger partial charge in [0.2, 0.25) is 0 Å². The molecular weight excluding hydrogens is 226 g/mol. The molecule has 0 saturated heterocycles. The van der Waals surface area contributed by atoms with Gasteiger partial charge in [-0.25, -0.2) is 9.78 Å². The van der Waals surface area contributed by atoms with Gasteiger partial charge >= 0.3 is 6.03 Å². The lowest BCUT2D eigenvalue weighted by Gasteiger charge is -2.04. The molecule has 0 bridgehead atoms. The van der Waals surface area contributed by atoms with Crippen molar-refractivity contribution in [1.82, 2.24) is 4.98 Å². The predicted molar refractivity (Wildman–Crippen MR) is 64.8 cm³/mol. The Labute approximate surface area is 96.5 Å². The van der Waals surface area contributed by atoms with E-state index in [-0.39, 0.29) is 11.5 Å². The number of aromatic nitrogens is 1. The van der Waals surface area contributed by atoms with Gasteiger partial charge in [-0.3, -0.25) is 5.32 Å². The van der Waals surface area contributed by atoms with E-state index in [1.54, 1.807) is 11.6 Å². The van der Waals surface area contributed by atoms with Crippen LogP contribution in [-0.4, -0.2) is 16.5 Å². The molecule has 0 aliphatic rings. The second kappa shape index (κ2) is 5.84. The highest BCUT2D eigenvalue weighted by Crippen LogP contribution is 2.11. The molecule has 0 radical (unpaired) electrons. The van der Waals surface area contributed by atoms with Crippen molar-refractivity contribution in [3.63, 3.8) is 0 Å². The summed E-state index contributed by atoms with van der Waals surface area (Å²) in [5.41, 5.74) is 0.756. The molecule has 0 spiro atoms. The largest absolute Gasteiger partial charge is 0.412 e. The standard InChI is InChI=1S/C10H9N3OS.H2O/c14-9(13-10-11-6-7-15-10)12-8-4-2-1-3-5-8;/h1-7H,(H2,11,12,13,14);1H2. The molecule has 2 amide bonds. The number of amides is 2. The molecule has 0 aliphatic carbocycles. The molecule has 1 aromatic carbocycles. The van der Waals surface area contributed by atoms with Crippen LogP contribution in [0.1, 0.15) is 0 Å². The molecule has 0 fully saturated rings. The molecule has 0 atom stereocenters. The molecule has 2 rings (SSSR count). The maximum atomic E-state index is 11.4. The lowest BCUT2D eigenvalue weighted by molar-refractivity contribution is 0.262. The number of hydrogen-bond donors (Lipinski definition) is 2. The highest BCUT2D eigenvalue weighted by molar-refractivity contribution is 7.13. The number of anilines is 2. The summed E-state index contributed by atoms with van der Waals surface area (Å²) in [5.74, 6) is 0. The van der Waals surface area contributed by atoms with Crippen LogP contribution in [0.15, 0.2) is 41.9 Å². The van der Waals surface area contributed by atoms with Gasteiger partial charge in [-0.15, -0.1) is 11.3 Å². The van der Waals surface area contributed by atoms with Gasteiger partial charge in [0.05, 0.1) is 0 Å². The van der Waals surface area contributed by atoms with Gasteiger partial charge in [0, 0.05) is 17.3 Å². The zero-order valence-corrected chi connectivity index (χ0v) is 9.12. The van der Waals surface area contributed by atoms with E-state index in [0.29, 0.717) is 5.13 Å². The van der Waals surface area contributed by atoms with Gasteiger partial charge in [-0.05, 0) is 12.1 Å². The number of urea groups is 1. The number of thiazole rings is 1. The molecule has 16 heavy (non-hydrogen) atoms. The van der Waals surface area contributed by atoms with Crippen LogP contribution in [0.2, 0.25) is 0 Å². The Balaban J connectivity index is 0.00000128.